The highest BCUT2D eigenvalue weighted by atomic mass is 35.5. The second kappa shape index (κ2) is 10.7. The third-order valence-electron chi connectivity index (χ3n) is 5.86. The van der Waals surface area contributed by atoms with Crippen LogP contribution in [0.15, 0.2) is 58.6 Å². The number of aliphatic imine (C=N–C) groups is 1. The Hall–Kier alpha value is -3.12. The first kappa shape index (κ1) is 25.5. The van der Waals surface area contributed by atoms with Crippen molar-refractivity contribution in [2.75, 3.05) is 41.7 Å². The molecule has 192 valence electrons. The van der Waals surface area contributed by atoms with Crippen molar-refractivity contribution in [3.63, 3.8) is 0 Å². The van der Waals surface area contributed by atoms with Crippen LogP contribution in [0, 0.1) is 0 Å². The van der Waals surface area contributed by atoms with Gasteiger partial charge in [0.05, 0.1) is 45.8 Å². The van der Waals surface area contributed by atoms with Crippen molar-refractivity contribution in [3.05, 3.63) is 64.2 Å². The maximum absolute atomic E-state index is 12.7. The van der Waals surface area contributed by atoms with Crippen LogP contribution in [0.2, 0.25) is 5.02 Å². The molecule has 0 bridgehead atoms. The van der Waals surface area contributed by atoms with Crippen LogP contribution >= 0.6 is 23.4 Å². The van der Waals surface area contributed by atoms with Crippen LogP contribution in [0.3, 0.4) is 0 Å². The van der Waals surface area contributed by atoms with E-state index in [4.69, 9.17) is 16.3 Å². The molecule has 2 aliphatic rings. The van der Waals surface area contributed by atoms with Crippen LogP contribution in [0.4, 0.5) is 17.1 Å². The molecular weight excluding hydrogens is 534 g/mol. The van der Waals surface area contributed by atoms with E-state index in [1.54, 1.807) is 19.1 Å². The van der Waals surface area contributed by atoms with E-state index in [2.05, 4.69) is 24.9 Å². The molecule has 3 heterocycles. The number of nitrogens with zero attached hydrogens (tertiary/aromatic N) is 3. The fraction of sp³-hybridized carbons (Fsp3) is 0.240. The summed E-state index contributed by atoms with van der Waals surface area (Å²) < 4.78 is 31.8. The van der Waals surface area contributed by atoms with Gasteiger partial charge in [-0.2, -0.15) is 0 Å². The number of thioether (sulfide) groups is 1. The maximum Gasteiger partial charge on any atom is 0.264 e. The SMILES string of the molecule is CCS(=O)(=O)Nc1ccc(Cl)c(N=C2NC(=O)/C(=C/c3ccc4nccc(N5CCOCC5)c4c3)S2)c1. The number of halogens is 1. The number of rotatable bonds is 6. The molecular formula is C25H24ClN5O4S2. The first-order valence-electron chi connectivity index (χ1n) is 11.6. The largest absolute Gasteiger partial charge is 0.378 e. The summed E-state index contributed by atoms with van der Waals surface area (Å²) in [6, 6.07) is 12.6. The van der Waals surface area contributed by atoms with Crippen molar-refractivity contribution in [1.82, 2.24) is 10.3 Å². The number of hydrogen-bond acceptors (Lipinski definition) is 8. The number of amides is 1. The van der Waals surface area contributed by atoms with Gasteiger partial charge >= 0.3 is 0 Å². The van der Waals surface area contributed by atoms with Crippen molar-refractivity contribution < 1.29 is 17.9 Å². The normalized spacial score (nSPS) is 18.5. The lowest BCUT2D eigenvalue weighted by molar-refractivity contribution is -0.115. The molecule has 2 N–H and O–H groups in total. The van der Waals surface area contributed by atoms with Crippen LogP contribution < -0.4 is 14.9 Å². The predicted molar refractivity (Wildman–Crippen MR) is 150 cm³/mol. The zero-order valence-corrected chi connectivity index (χ0v) is 22.3. The van der Waals surface area contributed by atoms with Gasteiger partial charge in [0.2, 0.25) is 10.0 Å². The van der Waals surface area contributed by atoms with E-state index in [0.717, 1.165) is 35.2 Å². The van der Waals surface area contributed by atoms with Gasteiger partial charge in [-0.1, -0.05) is 17.7 Å². The predicted octanol–water partition coefficient (Wildman–Crippen LogP) is 4.38. The molecule has 5 rings (SSSR count). The molecule has 2 fully saturated rings. The number of benzene rings is 2. The second-order valence-electron chi connectivity index (χ2n) is 8.36. The van der Waals surface area contributed by atoms with Crippen molar-refractivity contribution in [2.24, 2.45) is 4.99 Å². The van der Waals surface area contributed by atoms with E-state index in [0.29, 0.717) is 39.7 Å². The Morgan fingerprint density at radius 3 is 2.81 bits per heavy atom. The minimum atomic E-state index is -3.45. The number of hydrogen-bond donors (Lipinski definition) is 2. The molecule has 37 heavy (non-hydrogen) atoms. The summed E-state index contributed by atoms with van der Waals surface area (Å²) in [6.07, 6.45) is 3.62. The monoisotopic (exact) mass is 557 g/mol. The highest BCUT2D eigenvalue weighted by molar-refractivity contribution is 8.18. The van der Waals surface area contributed by atoms with Gasteiger partial charge in [-0.25, -0.2) is 13.4 Å². The summed E-state index contributed by atoms with van der Waals surface area (Å²) in [7, 11) is -3.45. The lowest BCUT2D eigenvalue weighted by Gasteiger charge is -2.29. The summed E-state index contributed by atoms with van der Waals surface area (Å²) in [4.78, 5) is 24.4. The van der Waals surface area contributed by atoms with Gasteiger partial charge < -0.3 is 15.0 Å². The van der Waals surface area contributed by atoms with Crippen LogP contribution in [-0.4, -0.2) is 56.5 Å². The van der Waals surface area contributed by atoms with Gasteiger partial charge in [0.25, 0.3) is 5.91 Å². The highest BCUT2D eigenvalue weighted by Crippen LogP contribution is 2.34. The summed E-state index contributed by atoms with van der Waals surface area (Å²) in [5.74, 6) is -0.333. The number of carbonyl (C=O) groups is 1. The third kappa shape index (κ3) is 5.90. The van der Waals surface area contributed by atoms with Crippen molar-refractivity contribution >= 4 is 78.5 Å². The van der Waals surface area contributed by atoms with Crippen LogP contribution in [0.1, 0.15) is 12.5 Å². The molecule has 12 heteroatoms. The topological polar surface area (TPSA) is 113 Å². The van der Waals surface area contributed by atoms with Gasteiger partial charge in [-0.15, -0.1) is 0 Å². The number of sulfonamides is 1. The molecule has 0 spiro atoms. The Labute approximate surface area is 224 Å². The molecule has 2 aromatic carbocycles. The van der Waals surface area contributed by atoms with E-state index < -0.39 is 10.0 Å². The van der Waals surface area contributed by atoms with E-state index in [-0.39, 0.29) is 11.7 Å². The lowest BCUT2D eigenvalue weighted by Crippen LogP contribution is -2.36. The fourth-order valence-electron chi connectivity index (χ4n) is 3.97. The molecule has 0 radical (unpaired) electrons. The van der Waals surface area contributed by atoms with Crippen molar-refractivity contribution in [2.45, 2.75) is 6.92 Å². The Balaban J connectivity index is 1.41. The lowest BCUT2D eigenvalue weighted by atomic mass is 10.1. The standard InChI is InChI=1S/C25H24ClN5O4S2/c1-2-37(33,34)30-17-4-5-19(26)21(15-17)28-25-29-24(32)23(36-25)14-16-3-6-20-18(13-16)22(7-8-27-20)31-9-11-35-12-10-31/h3-8,13-15,30H,2,9-12H2,1H3,(H,28,29,32)/b23-14-. The van der Waals surface area contributed by atoms with Gasteiger partial charge in [-0.05, 0) is 66.7 Å². The minimum Gasteiger partial charge on any atom is -0.378 e. The van der Waals surface area contributed by atoms with Crippen molar-refractivity contribution in [1.29, 1.82) is 0 Å². The molecule has 0 aliphatic carbocycles. The molecule has 0 unspecified atom stereocenters. The molecule has 3 aromatic rings. The first-order chi connectivity index (χ1) is 17.8. The van der Waals surface area contributed by atoms with Gasteiger partial charge in [0.1, 0.15) is 0 Å². The molecule has 0 saturated carbocycles. The van der Waals surface area contributed by atoms with E-state index in [9.17, 15) is 13.2 Å². The Morgan fingerprint density at radius 2 is 2.03 bits per heavy atom. The molecule has 9 nitrogen and oxygen atoms in total. The molecule has 2 aliphatic heterocycles. The van der Waals surface area contributed by atoms with E-state index in [1.807, 2.05) is 36.5 Å². The Morgan fingerprint density at radius 1 is 1.22 bits per heavy atom. The maximum atomic E-state index is 12.7. The summed E-state index contributed by atoms with van der Waals surface area (Å²) in [5, 5.41) is 4.44. The molecule has 1 aromatic heterocycles. The summed E-state index contributed by atoms with van der Waals surface area (Å²) >= 11 is 7.47. The zero-order chi connectivity index (χ0) is 26.0. The van der Waals surface area contributed by atoms with Crippen molar-refractivity contribution in [3.8, 4) is 0 Å². The Kier molecular flexibility index (Phi) is 7.38. The molecule has 0 atom stereocenters. The molecule has 1 amide bonds. The number of fused-ring (bicyclic) bond motifs is 1. The number of carbonyl (C=O) groups excluding carboxylic acids is 1. The average Bonchev–Trinajstić information content (AvgIpc) is 3.24. The number of nitrogens with one attached hydrogen (secondary N) is 2. The fourth-order valence-corrected chi connectivity index (χ4v) is 5.60. The number of ether oxygens (including phenoxy) is 1. The number of morpholine rings is 1. The van der Waals surface area contributed by atoms with Gasteiger partial charge in [-0.3, -0.25) is 14.5 Å². The second-order valence-corrected chi connectivity index (χ2v) is 11.8. The summed E-state index contributed by atoms with van der Waals surface area (Å²) in [5.41, 5.74) is 3.52. The number of amidine groups is 1. The smallest absolute Gasteiger partial charge is 0.264 e. The van der Waals surface area contributed by atoms with Gasteiger partial charge in [0, 0.05) is 30.4 Å². The molecule has 2 saturated heterocycles. The van der Waals surface area contributed by atoms with Gasteiger partial charge in [0.15, 0.2) is 5.17 Å². The number of anilines is 2. The van der Waals surface area contributed by atoms with E-state index in [1.165, 1.54) is 17.8 Å². The Bertz CT molecular complexity index is 1540. The zero-order valence-electron chi connectivity index (χ0n) is 19.9. The first-order valence-corrected chi connectivity index (χ1v) is 14.5. The van der Waals surface area contributed by atoms with Crippen LogP contribution in [-0.2, 0) is 19.6 Å². The van der Waals surface area contributed by atoms with Crippen LogP contribution in [0.5, 0.6) is 0 Å². The average molecular weight is 558 g/mol. The summed E-state index contributed by atoms with van der Waals surface area (Å²) in [6.45, 7) is 4.54. The minimum absolute atomic E-state index is 0.0572. The number of aromatic nitrogens is 1. The third-order valence-corrected chi connectivity index (χ3v) is 8.40. The quantitative estimate of drug-likeness (QED) is 0.432. The van der Waals surface area contributed by atoms with Crippen LogP contribution in [0.25, 0.3) is 17.0 Å². The number of pyridine rings is 1. The highest BCUT2D eigenvalue weighted by Gasteiger charge is 2.24. The van der Waals surface area contributed by atoms with E-state index >= 15 is 0 Å².